The Labute approximate surface area is 63.2 Å². The van der Waals surface area contributed by atoms with Gasteiger partial charge in [-0.3, -0.25) is 0 Å². The van der Waals surface area contributed by atoms with Crippen molar-refractivity contribution in [3.63, 3.8) is 0 Å². The van der Waals surface area contributed by atoms with Crippen LogP contribution in [0.4, 0.5) is 0 Å². The van der Waals surface area contributed by atoms with Crippen LogP contribution in [0.2, 0.25) is 0 Å². The molecule has 0 aromatic rings. The largest absolute Gasteiger partial charge is 0.316 e. The van der Waals surface area contributed by atoms with E-state index in [1.807, 2.05) is 0 Å². The maximum Gasteiger partial charge on any atom is 0.00111 e. The van der Waals surface area contributed by atoms with Gasteiger partial charge in [-0.1, -0.05) is 19.8 Å². The molecule has 0 aromatic carbocycles. The summed E-state index contributed by atoms with van der Waals surface area (Å²) in [4.78, 5) is 0. The van der Waals surface area contributed by atoms with E-state index in [1.165, 1.54) is 38.8 Å². The Hall–Kier alpha value is -0.0400. The van der Waals surface area contributed by atoms with Crippen LogP contribution in [0.1, 0.15) is 32.6 Å². The van der Waals surface area contributed by atoms with E-state index in [0.717, 1.165) is 11.3 Å². The summed E-state index contributed by atoms with van der Waals surface area (Å²) in [6.45, 7) is 4.93. The van der Waals surface area contributed by atoms with Crippen molar-refractivity contribution in [3.8, 4) is 0 Å². The SMILES string of the molecule is CCC1CNCC12CCC2. The van der Waals surface area contributed by atoms with Gasteiger partial charge in [-0.2, -0.15) is 0 Å². The first-order chi connectivity index (χ1) is 4.87. The monoisotopic (exact) mass is 139 g/mol. The Morgan fingerprint density at radius 3 is 2.70 bits per heavy atom. The van der Waals surface area contributed by atoms with E-state index < -0.39 is 0 Å². The lowest BCUT2D eigenvalue weighted by Gasteiger charge is -2.42. The van der Waals surface area contributed by atoms with E-state index in [4.69, 9.17) is 0 Å². The molecule has 1 nitrogen and oxygen atoms in total. The molecule has 0 amide bonds. The van der Waals surface area contributed by atoms with Gasteiger partial charge in [-0.05, 0) is 30.7 Å². The smallest absolute Gasteiger partial charge is 0.00111 e. The minimum absolute atomic E-state index is 0.773. The fourth-order valence-electron chi connectivity index (χ4n) is 2.65. The molecule has 1 N–H and O–H groups in total. The van der Waals surface area contributed by atoms with Crippen LogP contribution in [0.25, 0.3) is 0 Å². The molecular weight excluding hydrogens is 122 g/mol. The second-order valence-corrected chi connectivity index (χ2v) is 3.95. The van der Waals surface area contributed by atoms with Crippen LogP contribution in [0.3, 0.4) is 0 Å². The van der Waals surface area contributed by atoms with Gasteiger partial charge in [0.1, 0.15) is 0 Å². The van der Waals surface area contributed by atoms with Gasteiger partial charge in [-0.25, -0.2) is 0 Å². The third kappa shape index (κ3) is 0.731. The molecule has 58 valence electrons. The summed E-state index contributed by atoms with van der Waals surface area (Å²) in [7, 11) is 0. The van der Waals surface area contributed by atoms with Gasteiger partial charge in [0, 0.05) is 6.54 Å². The van der Waals surface area contributed by atoms with Crippen molar-refractivity contribution in [2.75, 3.05) is 13.1 Å². The Kier molecular flexibility index (Phi) is 1.48. The topological polar surface area (TPSA) is 12.0 Å². The summed E-state index contributed by atoms with van der Waals surface area (Å²) in [5, 5.41) is 3.52. The first kappa shape index (κ1) is 6.66. The average molecular weight is 139 g/mol. The molecule has 1 saturated carbocycles. The number of hydrogen-bond donors (Lipinski definition) is 1. The summed E-state index contributed by atoms with van der Waals surface area (Å²) >= 11 is 0. The maximum atomic E-state index is 3.52. The van der Waals surface area contributed by atoms with E-state index >= 15 is 0 Å². The average Bonchev–Trinajstić information content (AvgIpc) is 2.27. The van der Waals surface area contributed by atoms with E-state index in [2.05, 4.69) is 12.2 Å². The predicted molar refractivity (Wildman–Crippen MR) is 42.9 cm³/mol. The highest BCUT2D eigenvalue weighted by atomic mass is 14.9. The first-order valence-electron chi connectivity index (χ1n) is 4.58. The molecule has 1 spiro atoms. The van der Waals surface area contributed by atoms with Crippen LogP contribution in [0, 0.1) is 11.3 Å². The molecule has 2 aliphatic rings. The fourth-order valence-corrected chi connectivity index (χ4v) is 2.65. The summed E-state index contributed by atoms with van der Waals surface area (Å²) in [6.07, 6.45) is 5.86. The maximum absolute atomic E-state index is 3.52. The summed E-state index contributed by atoms with van der Waals surface area (Å²) < 4.78 is 0. The zero-order valence-electron chi connectivity index (χ0n) is 6.82. The predicted octanol–water partition coefficient (Wildman–Crippen LogP) is 1.79. The van der Waals surface area contributed by atoms with Crippen molar-refractivity contribution in [1.29, 1.82) is 0 Å². The molecule has 0 bridgehead atoms. The van der Waals surface area contributed by atoms with E-state index in [0.29, 0.717) is 0 Å². The minimum atomic E-state index is 0.773. The van der Waals surface area contributed by atoms with Crippen molar-refractivity contribution < 1.29 is 0 Å². The highest BCUT2D eigenvalue weighted by Gasteiger charge is 2.45. The van der Waals surface area contributed by atoms with Gasteiger partial charge in [-0.15, -0.1) is 0 Å². The van der Waals surface area contributed by atoms with Crippen LogP contribution in [-0.2, 0) is 0 Å². The lowest BCUT2D eigenvalue weighted by atomic mass is 9.62. The lowest BCUT2D eigenvalue weighted by molar-refractivity contribution is 0.0956. The van der Waals surface area contributed by atoms with Crippen molar-refractivity contribution in [3.05, 3.63) is 0 Å². The molecule has 0 aromatic heterocycles. The molecule has 2 fully saturated rings. The highest BCUT2D eigenvalue weighted by molar-refractivity contribution is 4.99. The van der Waals surface area contributed by atoms with Gasteiger partial charge in [0.05, 0.1) is 0 Å². The Morgan fingerprint density at radius 2 is 2.30 bits per heavy atom. The van der Waals surface area contributed by atoms with E-state index in [-0.39, 0.29) is 0 Å². The van der Waals surface area contributed by atoms with Gasteiger partial charge in [0.2, 0.25) is 0 Å². The molecule has 1 unspecified atom stereocenters. The van der Waals surface area contributed by atoms with Crippen molar-refractivity contribution >= 4 is 0 Å². The van der Waals surface area contributed by atoms with Crippen LogP contribution >= 0.6 is 0 Å². The van der Waals surface area contributed by atoms with Crippen LogP contribution in [0.15, 0.2) is 0 Å². The summed E-state index contributed by atoms with van der Waals surface area (Å²) in [5.74, 6) is 1.00. The van der Waals surface area contributed by atoms with Crippen LogP contribution < -0.4 is 5.32 Å². The van der Waals surface area contributed by atoms with Crippen molar-refractivity contribution in [1.82, 2.24) is 5.32 Å². The normalized spacial score (nSPS) is 36.3. The number of rotatable bonds is 1. The standard InChI is InChI=1S/C9H17N/c1-2-8-6-10-7-9(8)4-3-5-9/h8,10H,2-7H2,1H3. The van der Waals surface area contributed by atoms with Gasteiger partial charge in [0.25, 0.3) is 0 Å². The Bertz CT molecular complexity index is 127. The molecule has 0 radical (unpaired) electrons. The lowest BCUT2D eigenvalue weighted by Crippen LogP contribution is -2.36. The minimum Gasteiger partial charge on any atom is -0.316 e. The van der Waals surface area contributed by atoms with Gasteiger partial charge >= 0.3 is 0 Å². The summed E-state index contributed by atoms with van der Waals surface area (Å²) in [5.41, 5.74) is 0.773. The van der Waals surface area contributed by atoms with E-state index in [9.17, 15) is 0 Å². The molecular formula is C9H17N. The fraction of sp³-hybridized carbons (Fsp3) is 1.00. The highest BCUT2D eigenvalue weighted by Crippen LogP contribution is 2.49. The molecule has 1 aliphatic heterocycles. The Balaban J connectivity index is 2.05. The number of nitrogens with one attached hydrogen (secondary N) is 1. The molecule has 1 saturated heterocycles. The van der Waals surface area contributed by atoms with Crippen LogP contribution in [0.5, 0.6) is 0 Å². The molecule has 1 aliphatic carbocycles. The zero-order valence-corrected chi connectivity index (χ0v) is 6.82. The molecule has 1 atom stereocenters. The third-order valence-corrected chi connectivity index (χ3v) is 3.58. The van der Waals surface area contributed by atoms with Gasteiger partial charge < -0.3 is 5.32 Å². The summed E-state index contributed by atoms with van der Waals surface area (Å²) in [6, 6.07) is 0. The van der Waals surface area contributed by atoms with Gasteiger partial charge in [0.15, 0.2) is 0 Å². The second-order valence-electron chi connectivity index (χ2n) is 3.95. The number of hydrogen-bond acceptors (Lipinski definition) is 1. The molecule has 10 heavy (non-hydrogen) atoms. The molecule has 2 rings (SSSR count). The van der Waals surface area contributed by atoms with Crippen molar-refractivity contribution in [2.45, 2.75) is 32.6 Å². The van der Waals surface area contributed by atoms with Crippen LogP contribution in [-0.4, -0.2) is 13.1 Å². The quantitative estimate of drug-likeness (QED) is 0.584. The third-order valence-electron chi connectivity index (χ3n) is 3.58. The zero-order chi connectivity index (χ0) is 7.03. The first-order valence-corrected chi connectivity index (χ1v) is 4.58. The second kappa shape index (κ2) is 2.23. The Morgan fingerprint density at radius 1 is 1.50 bits per heavy atom. The van der Waals surface area contributed by atoms with E-state index in [1.54, 1.807) is 0 Å². The van der Waals surface area contributed by atoms with Crippen molar-refractivity contribution in [2.24, 2.45) is 11.3 Å². The molecule has 1 heteroatoms. The molecule has 1 heterocycles.